The molecule has 2 fully saturated rings. The minimum Gasteiger partial charge on any atom is -0.356 e. The van der Waals surface area contributed by atoms with Gasteiger partial charge in [-0.05, 0) is 37.0 Å². The zero-order valence-electron chi connectivity index (χ0n) is 22.4. The van der Waals surface area contributed by atoms with Gasteiger partial charge in [0.15, 0.2) is 0 Å². The van der Waals surface area contributed by atoms with Gasteiger partial charge in [0.05, 0.1) is 6.07 Å². The molecule has 2 aliphatic rings. The van der Waals surface area contributed by atoms with Gasteiger partial charge in [-0.1, -0.05) is 54.4 Å². The van der Waals surface area contributed by atoms with Gasteiger partial charge in [-0.25, -0.2) is 0 Å². The quantitative estimate of drug-likeness (QED) is 0.547. The minimum absolute atomic E-state index is 0.0737. The Labute approximate surface area is 209 Å². The van der Waals surface area contributed by atoms with E-state index in [0.717, 1.165) is 12.8 Å². The van der Waals surface area contributed by atoms with Crippen LogP contribution in [0.15, 0.2) is 0 Å². The number of fused-ring (bicyclic) bond motifs is 1. The lowest BCUT2D eigenvalue weighted by molar-refractivity contribution is -0.144. The SMILES string of the molecule is CN1C(=O)[C@@H](NC(=O)C(C)(C)C)CCCC[C@H]2CNC(=O)[C@H]2C[C@@H](C#N)NC(=O)[C@@H]1CC(C)(C)C. The van der Waals surface area contributed by atoms with Gasteiger partial charge in [0.2, 0.25) is 23.6 Å². The smallest absolute Gasteiger partial charge is 0.245 e. The highest BCUT2D eigenvalue weighted by Gasteiger charge is 2.39. The maximum absolute atomic E-state index is 13.6. The molecule has 3 N–H and O–H groups in total. The number of carbonyl (C=O) groups is 4. The largest absolute Gasteiger partial charge is 0.356 e. The lowest BCUT2D eigenvalue weighted by Gasteiger charge is -2.35. The van der Waals surface area contributed by atoms with Crippen LogP contribution < -0.4 is 16.0 Å². The van der Waals surface area contributed by atoms with Gasteiger partial charge in [0, 0.05) is 24.9 Å². The highest BCUT2D eigenvalue weighted by Crippen LogP contribution is 2.29. The lowest BCUT2D eigenvalue weighted by atomic mass is 9.84. The summed E-state index contributed by atoms with van der Waals surface area (Å²) >= 11 is 0. The maximum atomic E-state index is 13.6. The fourth-order valence-corrected chi connectivity index (χ4v) is 4.76. The third kappa shape index (κ3) is 7.94. The van der Waals surface area contributed by atoms with E-state index < -0.39 is 29.4 Å². The number of amides is 4. The molecule has 0 aromatic rings. The average molecular weight is 490 g/mol. The summed E-state index contributed by atoms with van der Waals surface area (Å²) in [5.74, 6) is -1.30. The van der Waals surface area contributed by atoms with Gasteiger partial charge in [-0.3, -0.25) is 19.2 Å². The van der Waals surface area contributed by atoms with Crippen molar-refractivity contribution in [2.24, 2.45) is 22.7 Å². The predicted molar refractivity (Wildman–Crippen MR) is 133 cm³/mol. The van der Waals surface area contributed by atoms with Gasteiger partial charge in [-0.2, -0.15) is 5.26 Å². The number of likely N-dealkylation sites (N-methyl/N-ethyl adjacent to an activating group) is 1. The van der Waals surface area contributed by atoms with Gasteiger partial charge in [0.25, 0.3) is 0 Å². The molecule has 196 valence electrons. The third-order valence-electron chi connectivity index (χ3n) is 6.93. The number of hydrogen-bond donors (Lipinski definition) is 3. The van der Waals surface area contributed by atoms with E-state index in [4.69, 9.17) is 0 Å². The Balaban J connectivity index is 2.40. The van der Waals surface area contributed by atoms with Crippen molar-refractivity contribution in [2.75, 3.05) is 13.6 Å². The number of carbonyl (C=O) groups excluding carboxylic acids is 4. The van der Waals surface area contributed by atoms with Crippen LogP contribution in [0.4, 0.5) is 0 Å². The second kappa shape index (κ2) is 11.4. The summed E-state index contributed by atoms with van der Waals surface area (Å²) in [5, 5.41) is 18.4. The van der Waals surface area contributed by atoms with Crippen LogP contribution in [0.3, 0.4) is 0 Å². The fourth-order valence-electron chi connectivity index (χ4n) is 4.76. The van der Waals surface area contributed by atoms with Crippen molar-refractivity contribution in [1.29, 1.82) is 5.26 Å². The van der Waals surface area contributed by atoms with Crippen molar-refractivity contribution in [3.8, 4) is 6.07 Å². The highest BCUT2D eigenvalue weighted by molar-refractivity contribution is 5.93. The van der Waals surface area contributed by atoms with E-state index in [9.17, 15) is 24.4 Å². The molecule has 9 heteroatoms. The van der Waals surface area contributed by atoms with Gasteiger partial charge in [0.1, 0.15) is 18.1 Å². The van der Waals surface area contributed by atoms with Crippen molar-refractivity contribution in [3.05, 3.63) is 0 Å². The zero-order valence-corrected chi connectivity index (χ0v) is 22.4. The van der Waals surface area contributed by atoms with Gasteiger partial charge < -0.3 is 20.9 Å². The van der Waals surface area contributed by atoms with E-state index >= 15 is 0 Å². The van der Waals surface area contributed by atoms with E-state index in [1.165, 1.54) is 4.90 Å². The molecule has 0 aliphatic carbocycles. The topological polar surface area (TPSA) is 131 Å². The van der Waals surface area contributed by atoms with E-state index in [2.05, 4.69) is 22.0 Å². The summed E-state index contributed by atoms with van der Waals surface area (Å²) in [5.41, 5.74) is -0.937. The monoisotopic (exact) mass is 489 g/mol. The summed E-state index contributed by atoms with van der Waals surface area (Å²) in [7, 11) is 1.59. The molecular formula is C26H43N5O4. The molecule has 2 rings (SSSR count). The van der Waals surface area contributed by atoms with Crippen molar-refractivity contribution in [3.63, 3.8) is 0 Å². The summed E-state index contributed by atoms with van der Waals surface area (Å²) < 4.78 is 0. The van der Waals surface area contributed by atoms with Crippen LogP contribution in [0, 0.1) is 34.0 Å². The van der Waals surface area contributed by atoms with Gasteiger partial charge in [-0.15, -0.1) is 0 Å². The van der Waals surface area contributed by atoms with Crippen molar-refractivity contribution >= 4 is 23.6 Å². The maximum Gasteiger partial charge on any atom is 0.245 e. The highest BCUT2D eigenvalue weighted by atomic mass is 16.2. The number of rotatable bonds is 2. The number of hydrogen-bond acceptors (Lipinski definition) is 5. The van der Waals surface area contributed by atoms with Crippen molar-refractivity contribution in [2.45, 2.75) is 98.2 Å². The molecule has 0 unspecified atom stereocenters. The van der Waals surface area contributed by atoms with Crippen molar-refractivity contribution < 1.29 is 19.2 Å². The first-order chi connectivity index (χ1) is 16.1. The van der Waals surface area contributed by atoms with Crippen LogP contribution >= 0.6 is 0 Å². The molecule has 5 atom stereocenters. The molecule has 9 nitrogen and oxygen atoms in total. The Morgan fingerprint density at radius 1 is 1.09 bits per heavy atom. The predicted octanol–water partition coefficient (Wildman–Crippen LogP) is 2.12. The minimum atomic E-state index is -0.829. The summed E-state index contributed by atoms with van der Waals surface area (Å²) in [6, 6.07) is -0.264. The second-order valence-corrected chi connectivity index (χ2v) is 12.3. The molecule has 35 heavy (non-hydrogen) atoms. The lowest BCUT2D eigenvalue weighted by Crippen LogP contribution is -2.57. The molecule has 0 aromatic carbocycles. The number of nitriles is 1. The van der Waals surface area contributed by atoms with E-state index in [-0.39, 0.29) is 41.4 Å². The Bertz CT molecular complexity index is 851. The molecule has 0 spiro atoms. The van der Waals surface area contributed by atoms with Crippen LogP contribution in [0.25, 0.3) is 0 Å². The third-order valence-corrected chi connectivity index (χ3v) is 6.93. The molecule has 2 saturated heterocycles. The standard InChI is InChI=1S/C26H43N5O4/c1-25(2,3)13-20-22(33)29-17(14-27)12-18-16(15-28-21(18)32)10-8-9-11-19(23(34)31(20)7)30-24(35)26(4,5)6/h16-20H,8-13,15H2,1-7H3,(H,28,32)(H,29,33)(H,30,35)/t16-,17-,18-,19-,20-/m0/s1. The fraction of sp³-hybridized carbons (Fsp3) is 0.808. The van der Waals surface area contributed by atoms with E-state index in [1.54, 1.807) is 27.8 Å². The number of nitrogens with one attached hydrogen (secondary N) is 3. The molecular weight excluding hydrogens is 446 g/mol. The first kappa shape index (κ1) is 28.6. The van der Waals surface area contributed by atoms with Gasteiger partial charge >= 0.3 is 0 Å². The first-order valence-electron chi connectivity index (χ1n) is 12.7. The Kier molecular flexibility index (Phi) is 9.32. The van der Waals surface area contributed by atoms with E-state index in [0.29, 0.717) is 25.8 Å². The molecule has 4 amide bonds. The second-order valence-electron chi connectivity index (χ2n) is 12.3. The Morgan fingerprint density at radius 2 is 1.71 bits per heavy atom. The van der Waals surface area contributed by atoms with E-state index in [1.807, 2.05) is 20.8 Å². The average Bonchev–Trinajstić information content (AvgIpc) is 3.09. The Morgan fingerprint density at radius 3 is 2.29 bits per heavy atom. The molecule has 0 aromatic heterocycles. The molecule has 0 radical (unpaired) electrons. The molecule has 0 bridgehead atoms. The molecule has 2 aliphatic heterocycles. The first-order valence-corrected chi connectivity index (χ1v) is 12.7. The van der Waals surface area contributed by atoms with Crippen LogP contribution in [0.1, 0.15) is 80.1 Å². The summed E-state index contributed by atoms with van der Waals surface area (Å²) in [4.78, 5) is 53.7. The normalized spacial score (nSPS) is 29.4. The van der Waals surface area contributed by atoms with Crippen LogP contribution in [0.2, 0.25) is 0 Å². The van der Waals surface area contributed by atoms with Crippen LogP contribution in [-0.2, 0) is 19.2 Å². The summed E-state index contributed by atoms with van der Waals surface area (Å²) in [6.07, 6.45) is 3.35. The van der Waals surface area contributed by atoms with Crippen molar-refractivity contribution in [1.82, 2.24) is 20.9 Å². The Hall–Kier alpha value is -2.63. The van der Waals surface area contributed by atoms with Crippen LogP contribution in [-0.4, -0.2) is 60.2 Å². The van der Waals surface area contributed by atoms with Crippen LogP contribution in [0.5, 0.6) is 0 Å². The molecule has 0 saturated carbocycles. The zero-order chi connectivity index (χ0) is 26.6. The summed E-state index contributed by atoms with van der Waals surface area (Å²) in [6.45, 7) is 11.9. The number of nitrogens with zero attached hydrogens (tertiary/aromatic N) is 2. The molecule has 2 heterocycles.